The number of alkyl halides is 3. The molecule has 0 bridgehead atoms. The number of aliphatic hydroxyl groups excluding tert-OH is 1. The van der Waals surface area contributed by atoms with Crippen molar-refractivity contribution in [2.45, 2.75) is 106 Å². The summed E-state index contributed by atoms with van der Waals surface area (Å²) in [5, 5.41) is 9.13. The van der Waals surface area contributed by atoms with E-state index in [9.17, 15) is 14.7 Å². The second kappa shape index (κ2) is 9.56. The van der Waals surface area contributed by atoms with Crippen molar-refractivity contribution in [3.8, 4) is 0 Å². The number of hydrogen-bond acceptors (Lipinski definition) is 3. The third-order valence-corrected chi connectivity index (χ3v) is 15.4. The Bertz CT molecular complexity index is 787. The number of halogens is 3. The lowest BCUT2D eigenvalue weighted by molar-refractivity contribution is -0.136. The summed E-state index contributed by atoms with van der Waals surface area (Å²) in [6, 6.07) is 0. The molecule has 4 fully saturated rings. The Labute approximate surface area is 225 Å². The van der Waals surface area contributed by atoms with Crippen molar-refractivity contribution in [3.05, 3.63) is 0 Å². The van der Waals surface area contributed by atoms with Crippen molar-refractivity contribution in [2.24, 2.45) is 46.3 Å². The summed E-state index contributed by atoms with van der Waals surface area (Å²) in [7, 11) is 0. The minimum Gasteiger partial charge on any atom is -0.382 e. The van der Waals surface area contributed by atoms with Crippen molar-refractivity contribution in [2.75, 3.05) is 0 Å². The van der Waals surface area contributed by atoms with Crippen LogP contribution in [0.2, 0.25) is 0 Å². The Morgan fingerprint density at radius 2 is 1.82 bits per heavy atom. The number of rotatable bonds is 6. The fraction of sp³-hybridized carbons (Fsp3) is 0.926. The molecule has 0 saturated heterocycles. The fourth-order valence-electron chi connectivity index (χ4n) is 8.81. The van der Waals surface area contributed by atoms with Gasteiger partial charge in [0.1, 0.15) is 16.6 Å². The van der Waals surface area contributed by atoms with E-state index in [1.165, 1.54) is 32.1 Å². The molecule has 0 radical (unpaired) electrons. The van der Waals surface area contributed by atoms with Gasteiger partial charge in [0.2, 0.25) is 0 Å². The Morgan fingerprint density at radius 3 is 2.48 bits per heavy atom. The minimum absolute atomic E-state index is 0.0260. The first-order valence-electron chi connectivity index (χ1n) is 13.1. The molecule has 1 N–H and O–H groups in total. The minimum atomic E-state index is -0.586. The van der Waals surface area contributed by atoms with Gasteiger partial charge in [-0.3, -0.25) is 9.59 Å². The molecule has 4 aliphatic rings. The summed E-state index contributed by atoms with van der Waals surface area (Å²) in [5.74, 6) is 1.77. The van der Waals surface area contributed by atoms with Gasteiger partial charge in [0.05, 0.1) is 0 Å². The van der Waals surface area contributed by atoms with Crippen LogP contribution in [0.3, 0.4) is 0 Å². The van der Waals surface area contributed by atoms with Gasteiger partial charge < -0.3 is 5.11 Å². The zero-order chi connectivity index (χ0) is 24.3. The van der Waals surface area contributed by atoms with E-state index in [0.29, 0.717) is 47.6 Å². The molecule has 4 rings (SSSR count). The molecule has 0 aromatic rings. The van der Waals surface area contributed by atoms with Crippen molar-refractivity contribution in [3.63, 3.8) is 0 Å². The number of fused-ring (bicyclic) bond motifs is 5. The number of carbonyl (C=O) groups excluding carboxylic acids is 2. The van der Waals surface area contributed by atoms with Crippen molar-refractivity contribution in [1.82, 2.24) is 0 Å². The summed E-state index contributed by atoms with van der Waals surface area (Å²) in [6.45, 7) is 8.81. The van der Waals surface area contributed by atoms with Crippen LogP contribution in [0, 0.1) is 46.3 Å². The topological polar surface area (TPSA) is 54.4 Å². The van der Waals surface area contributed by atoms with Crippen LogP contribution < -0.4 is 0 Å². The van der Waals surface area contributed by atoms with Crippen molar-refractivity contribution < 1.29 is 14.7 Å². The van der Waals surface area contributed by atoms with Crippen LogP contribution in [-0.4, -0.2) is 30.8 Å². The van der Waals surface area contributed by atoms with E-state index in [2.05, 4.69) is 61.6 Å². The van der Waals surface area contributed by atoms with Crippen LogP contribution in [-0.2, 0) is 9.59 Å². The second-order valence-electron chi connectivity index (χ2n) is 12.4. The van der Waals surface area contributed by atoms with Gasteiger partial charge in [-0.15, -0.1) is 0 Å². The standard InChI is InChI=1S/C27H41Br3O3/c1-15(24(29)33)7-8-20(31)16(2)23-21(32)14-19-17-13-22(28)27(30)11-6-5-10-26(27,4)18(17)9-12-25(19,23)3/h15-19,22-24,33H,5-14H2,1-4H3/t15?,16-,17-,18+,19+,22?,23+,24?,25+,26-,27?/m1/s1. The fourth-order valence-corrected chi connectivity index (χ4v) is 11.2. The zero-order valence-electron chi connectivity index (χ0n) is 20.6. The maximum Gasteiger partial charge on any atom is 0.137 e. The van der Waals surface area contributed by atoms with Crippen LogP contribution >= 0.6 is 47.8 Å². The first kappa shape index (κ1) is 26.8. The lowest BCUT2D eigenvalue weighted by atomic mass is 9.44. The highest BCUT2D eigenvalue weighted by Gasteiger charge is 2.67. The van der Waals surface area contributed by atoms with Gasteiger partial charge in [-0.1, -0.05) is 88.3 Å². The second-order valence-corrected chi connectivity index (χ2v) is 15.9. The van der Waals surface area contributed by atoms with Crippen LogP contribution in [0.5, 0.6) is 0 Å². The highest BCUT2D eigenvalue weighted by Crippen LogP contribution is 2.71. The third kappa shape index (κ3) is 4.21. The summed E-state index contributed by atoms with van der Waals surface area (Å²) in [6.07, 6.45) is 10.2. The quantitative estimate of drug-likeness (QED) is 0.304. The average Bonchev–Trinajstić information content (AvgIpc) is 3.03. The number of carbonyl (C=O) groups is 2. The molecule has 4 unspecified atom stereocenters. The summed E-state index contributed by atoms with van der Waals surface area (Å²) in [5.41, 5.74) is 0.191. The summed E-state index contributed by atoms with van der Waals surface area (Å²) in [4.78, 5) is 27.1. The van der Waals surface area contributed by atoms with E-state index in [1.807, 2.05) is 13.8 Å². The summed E-state index contributed by atoms with van der Waals surface area (Å²) < 4.78 is 0.162. The smallest absolute Gasteiger partial charge is 0.137 e. The molecule has 4 aliphatic carbocycles. The lowest BCUT2D eigenvalue weighted by Crippen LogP contribution is -2.63. The molecule has 0 spiro atoms. The summed E-state index contributed by atoms with van der Waals surface area (Å²) >= 11 is 11.6. The largest absolute Gasteiger partial charge is 0.382 e. The normalized spacial score (nSPS) is 47.8. The van der Waals surface area contributed by atoms with E-state index < -0.39 is 5.01 Å². The molecule has 4 saturated carbocycles. The third-order valence-electron chi connectivity index (χ3n) is 10.9. The molecule has 6 heteroatoms. The SMILES string of the molecule is CC(CCC(=O)[C@@H](C)[C@H]1C(=O)C[C@H]2[C@@H]3CC(Br)C4(Br)CCCC[C@]4(C)[C@H]3CC[C@]12C)C(O)Br. The Hall–Kier alpha value is 0.740. The zero-order valence-corrected chi connectivity index (χ0v) is 25.3. The molecule has 3 nitrogen and oxygen atoms in total. The average molecular weight is 653 g/mol. The van der Waals surface area contributed by atoms with Gasteiger partial charge in [0.15, 0.2) is 0 Å². The Balaban J connectivity index is 1.56. The maximum absolute atomic E-state index is 13.5. The molecule has 0 aliphatic heterocycles. The van der Waals surface area contributed by atoms with E-state index in [0.717, 1.165) is 12.8 Å². The molecule has 0 heterocycles. The van der Waals surface area contributed by atoms with Gasteiger partial charge in [-0.2, -0.15) is 0 Å². The number of Topliss-reactive ketones (excluding diaryl/α,β-unsaturated/α-hetero) is 2. The van der Waals surface area contributed by atoms with Crippen molar-refractivity contribution in [1.29, 1.82) is 0 Å². The van der Waals surface area contributed by atoms with Crippen LogP contribution in [0.4, 0.5) is 0 Å². The first-order valence-corrected chi connectivity index (χ1v) is 15.7. The predicted molar refractivity (Wildman–Crippen MR) is 144 cm³/mol. The Morgan fingerprint density at radius 1 is 1.15 bits per heavy atom. The number of ketones is 2. The first-order chi connectivity index (χ1) is 15.4. The number of aliphatic hydroxyl groups is 1. The van der Waals surface area contributed by atoms with Crippen LogP contribution in [0.25, 0.3) is 0 Å². The van der Waals surface area contributed by atoms with E-state index in [4.69, 9.17) is 0 Å². The van der Waals surface area contributed by atoms with Gasteiger partial charge in [-0.25, -0.2) is 0 Å². The molecule has 33 heavy (non-hydrogen) atoms. The van der Waals surface area contributed by atoms with Gasteiger partial charge >= 0.3 is 0 Å². The van der Waals surface area contributed by atoms with Crippen LogP contribution in [0.1, 0.15) is 91.9 Å². The monoisotopic (exact) mass is 650 g/mol. The van der Waals surface area contributed by atoms with E-state index in [-0.39, 0.29) is 38.7 Å². The van der Waals surface area contributed by atoms with Gasteiger partial charge in [0.25, 0.3) is 0 Å². The van der Waals surface area contributed by atoms with Crippen LogP contribution in [0.15, 0.2) is 0 Å². The molecular weight excluding hydrogens is 612 g/mol. The van der Waals surface area contributed by atoms with Crippen molar-refractivity contribution >= 4 is 59.4 Å². The molecular formula is C27H41Br3O3. The maximum atomic E-state index is 13.5. The lowest BCUT2D eigenvalue weighted by Gasteiger charge is -2.65. The highest BCUT2D eigenvalue weighted by molar-refractivity contribution is 9.12. The molecule has 0 aromatic heterocycles. The van der Waals surface area contributed by atoms with Gasteiger partial charge in [0, 0.05) is 33.8 Å². The van der Waals surface area contributed by atoms with Gasteiger partial charge in [-0.05, 0) is 73.0 Å². The molecule has 0 aromatic carbocycles. The highest BCUT2D eigenvalue weighted by atomic mass is 79.9. The van der Waals surface area contributed by atoms with E-state index in [1.54, 1.807) is 0 Å². The predicted octanol–water partition coefficient (Wildman–Crippen LogP) is 7.44. The van der Waals surface area contributed by atoms with E-state index >= 15 is 0 Å². The Kier molecular flexibility index (Phi) is 7.76. The number of hydrogen-bond donors (Lipinski definition) is 1. The molecule has 0 amide bonds. The molecule has 188 valence electrons. The molecule has 11 atom stereocenters.